The van der Waals surface area contributed by atoms with Crippen LogP contribution in [0.3, 0.4) is 0 Å². The number of carbonyl (C=O) groups excluding carboxylic acids is 1. The first-order chi connectivity index (χ1) is 9.67. The van der Waals surface area contributed by atoms with E-state index in [1.54, 1.807) is 0 Å². The van der Waals surface area contributed by atoms with E-state index < -0.39 is 0 Å². The number of nitrogens with one attached hydrogen (secondary N) is 2. The molecule has 2 saturated carbocycles. The van der Waals surface area contributed by atoms with Crippen molar-refractivity contribution in [2.24, 2.45) is 0 Å². The molecule has 1 saturated heterocycles. The van der Waals surface area contributed by atoms with Crippen molar-refractivity contribution in [3.8, 4) is 0 Å². The summed E-state index contributed by atoms with van der Waals surface area (Å²) in [4.78, 5) is 12.0. The highest BCUT2D eigenvalue weighted by Crippen LogP contribution is 2.38. The van der Waals surface area contributed by atoms with Gasteiger partial charge in [0.2, 0.25) is 5.91 Å². The lowest BCUT2D eigenvalue weighted by atomic mass is 9.78. The third-order valence-electron chi connectivity index (χ3n) is 5.06. The molecule has 4 heteroatoms. The summed E-state index contributed by atoms with van der Waals surface area (Å²) in [5.41, 5.74) is 0.112. The molecule has 1 spiro atoms. The molecule has 1 heterocycles. The maximum Gasteiger partial charge on any atom is 0.237 e. The van der Waals surface area contributed by atoms with Crippen molar-refractivity contribution in [2.45, 2.75) is 88.4 Å². The number of carbonyl (C=O) groups is 1. The second-order valence-electron chi connectivity index (χ2n) is 6.95. The number of ether oxygens (including phenoxy) is 1. The predicted octanol–water partition coefficient (Wildman–Crippen LogP) is 2.12. The molecule has 3 fully saturated rings. The van der Waals surface area contributed by atoms with Gasteiger partial charge in [-0.25, -0.2) is 0 Å². The predicted molar refractivity (Wildman–Crippen MR) is 78.6 cm³/mol. The zero-order chi connectivity index (χ0) is 14.0. The number of amides is 1. The fourth-order valence-electron chi connectivity index (χ4n) is 3.70. The molecule has 0 aromatic heterocycles. The third-order valence-corrected chi connectivity index (χ3v) is 5.06. The summed E-state index contributed by atoms with van der Waals surface area (Å²) in [7, 11) is 0. The molecule has 114 valence electrons. The Morgan fingerprint density at radius 3 is 2.60 bits per heavy atom. The quantitative estimate of drug-likeness (QED) is 0.829. The molecule has 2 aliphatic carbocycles. The van der Waals surface area contributed by atoms with Crippen molar-refractivity contribution in [3.63, 3.8) is 0 Å². The van der Waals surface area contributed by atoms with E-state index in [0.717, 1.165) is 32.3 Å². The summed E-state index contributed by atoms with van der Waals surface area (Å²) in [5, 5.41) is 6.61. The summed E-state index contributed by atoms with van der Waals surface area (Å²) in [6.45, 7) is 2.83. The van der Waals surface area contributed by atoms with Crippen LogP contribution in [0.5, 0.6) is 0 Å². The SMILES string of the molecule is CC(NC1CCOC2(CCCCC2)C1)C(=O)NC1CC1. The lowest BCUT2D eigenvalue weighted by Gasteiger charge is -2.44. The number of rotatable bonds is 4. The first kappa shape index (κ1) is 14.3. The highest BCUT2D eigenvalue weighted by molar-refractivity contribution is 5.81. The Balaban J connectivity index is 1.49. The molecular formula is C16H28N2O2. The molecule has 0 aromatic carbocycles. The maximum absolute atomic E-state index is 12.0. The highest BCUT2D eigenvalue weighted by atomic mass is 16.5. The molecule has 0 radical (unpaired) electrons. The van der Waals surface area contributed by atoms with Crippen LogP contribution in [0.4, 0.5) is 0 Å². The van der Waals surface area contributed by atoms with E-state index in [0.29, 0.717) is 12.1 Å². The average molecular weight is 280 g/mol. The minimum absolute atomic E-state index is 0.0839. The molecule has 20 heavy (non-hydrogen) atoms. The molecule has 0 aromatic rings. The number of hydrogen-bond donors (Lipinski definition) is 2. The second-order valence-corrected chi connectivity index (χ2v) is 6.95. The lowest BCUT2D eigenvalue weighted by molar-refractivity contribution is -0.126. The van der Waals surface area contributed by atoms with Gasteiger partial charge in [0.15, 0.2) is 0 Å². The molecule has 3 rings (SSSR count). The molecule has 0 bridgehead atoms. The summed E-state index contributed by atoms with van der Waals surface area (Å²) in [6, 6.07) is 0.798. The van der Waals surface area contributed by atoms with Gasteiger partial charge in [0, 0.05) is 18.7 Å². The number of hydrogen-bond acceptors (Lipinski definition) is 3. The molecule has 1 amide bonds. The summed E-state index contributed by atoms with van der Waals surface area (Å²) >= 11 is 0. The lowest BCUT2D eigenvalue weighted by Crippen LogP contribution is -2.53. The first-order valence-electron chi connectivity index (χ1n) is 8.37. The van der Waals surface area contributed by atoms with Gasteiger partial charge < -0.3 is 15.4 Å². The van der Waals surface area contributed by atoms with E-state index in [2.05, 4.69) is 10.6 Å². The molecule has 2 atom stereocenters. The monoisotopic (exact) mass is 280 g/mol. The van der Waals surface area contributed by atoms with Crippen molar-refractivity contribution >= 4 is 5.91 Å². The normalized spacial score (nSPS) is 30.9. The smallest absolute Gasteiger partial charge is 0.237 e. The summed E-state index contributed by atoms with van der Waals surface area (Å²) < 4.78 is 6.11. The Bertz CT molecular complexity index is 343. The van der Waals surface area contributed by atoms with Gasteiger partial charge in [-0.15, -0.1) is 0 Å². The van der Waals surface area contributed by atoms with Gasteiger partial charge in [-0.3, -0.25) is 4.79 Å². The largest absolute Gasteiger partial charge is 0.375 e. The van der Waals surface area contributed by atoms with E-state index in [9.17, 15) is 4.79 Å². The average Bonchev–Trinajstić information content (AvgIpc) is 3.23. The zero-order valence-corrected chi connectivity index (χ0v) is 12.6. The Kier molecular flexibility index (Phi) is 4.32. The van der Waals surface area contributed by atoms with Crippen LogP contribution in [-0.2, 0) is 9.53 Å². The summed E-state index contributed by atoms with van der Waals surface area (Å²) in [5.74, 6) is 0.164. The van der Waals surface area contributed by atoms with Gasteiger partial charge in [-0.05, 0) is 45.4 Å². The first-order valence-corrected chi connectivity index (χ1v) is 8.37. The second kappa shape index (κ2) is 6.02. The Morgan fingerprint density at radius 1 is 1.15 bits per heavy atom. The molecule has 4 nitrogen and oxygen atoms in total. The van der Waals surface area contributed by atoms with Gasteiger partial charge in [-0.2, -0.15) is 0 Å². The van der Waals surface area contributed by atoms with E-state index in [4.69, 9.17) is 4.74 Å². The molecular weight excluding hydrogens is 252 g/mol. The van der Waals surface area contributed by atoms with Gasteiger partial charge in [-0.1, -0.05) is 19.3 Å². The fraction of sp³-hybridized carbons (Fsp3) is 0.938. The van der Waals surface area contributed by atoms with E-state index in [1.807, 2.05) is 6.92 Å². The van der Waals surface area contributed by atoms with Crippen molar-refractivity contribution in [1.29, 1.82) is 0 Å². The van der Waals surface area contributed by atoms with Crippen molar-refractivity contribution < 1.29 is 9.53 Å². The van der Waals surface area contributed by atoms with Crippen LogP contribution in [0.15, 0.2) is 0 Å². The van der Waals surface area contributed by atoms with Crippen molar-refractivity contribution in [3.05, 3.63) is 0 Å². The Hall–Kier alpha value is -0.610. The van der Waals surface area contributed by atoms with Crippen LogP contribution in [0.2, 0.25) is 0 Å². The van der Waals surface area contributed by atoms with Gasteiger partial charge in [0.1, 0.15) is 0 Å². The van der Waals surface area contributed by atoms with E-state index in [-0.39, 0.29) is 17.6 Å². The van der Waals surface area contributed by atoms with Crippen LogP contribution < -0.4 is 10.6 Å². The van der Waals surface area contributed by atoms with E-state index in [1.165, 1.54) is 32.1 Å². The minimum Gasteiger partial charge on any atom is -0.375 e. The maximum atomic E-state index is 12.0. The van der Waals surface area contributed by atoms with E-state index >= 15 is 0 Å². The Labute approximate surface area is 122 Å². The summed E-state index contributed by atoms with van der Waals surface area (Å²) in [6.07, 6.45) is 10.8. The molecule has 2 N–H and O–H groups in total. The highest BCUT2D eigenvalue weighted by Gasteiger charge is 2.39. The topological polar surface area (TPSA) is 50.4 Å². The van der Waals surface area contributed by atoms with Crippen molar-refractivity contribution in [1.82, 2.24) is 10.6 Å². The molecule has 1 aliphatic heterocycles. The van der Waals surface area contributed by atoms with Crippen LogP contribution in [0.1, 0.15) is 64.7 Å². The fourth-order valence-corrected chi connectivity index (χ4v) is 3.70. The van der Waals surface area contributed by atoms with Crippen LogP contribution in [-0.4, -0.2) is 36.2 Å². The zero-order valence-electron chi connectivity index (χ0n) is 12.6. The van der Waals surface area contributed by atoms with Gasteiger partial charge in [0.25, 0.3) is 0 Å². The van der Waals surface area contributed by atoms with Crippen molar-refractivity contribution in [2.75, 3.05) is 6.61 Å². The minimum atomic E-state index is -0.0839. The van der Waals surface area contributed by atoms with Gasteiger partial charge >= 0.3 is 0 Å². The Morgan fingerprint density at radius 2 is 1.90 bits per heavy atom. The standard InChI is InChI=1S/C16H28N2O2/c1-12(15(19)18-13-5-6-13)17-14-7-10-20-16(11-14)8-3-2-4-9-16/h12-14,17H,2-11H2,1H3,(H,18,19). The van der Waals surface area contributed by atoms with Crippen LogP contribution >= 0.6 is 0 Å². The van der Waals surface area contributed by atoms with Crippen LogP contribution in [0.25, 0.3) is 0 Å². The molecule has 3 aliphatic rings. The van der Waals surface area contributed by atoms with Crippen LogP contribution in [0, 0.1) is 0 Å². The molecule has 2 unspecified atom stereocenters. The third kappa shape index (κ3) is 3.53. The van der Waals surface area contributed by atoms with Gasteiger partial charge in [0.05, 0.1) is 11.6 Å².